The van der Waals surface area contributed by atoms with E-state index in [9.17, 15) is 26.3 Å². The first kappa shape index (κ1) is 34.7. The standard InChI is InChI=1S/C9H10F3NO2S.C7H6F3NOS.C2H5BrO.CH4/c1-14-5-6-4-13-9(15-6)16-3-2-7(10)8(11)12;8-5(6(9)10)1-4-13-7-11-2-3-12-7;1-4-2-3;/h4H,2-3,5H2,1H3;2-3H,1,4H2;2H2,1H3;1H4. The Balaban J connectivity index is 0. The van der Waals surface area contributed by atoms with E-state index in [-0.39, 0.29) is 31.8 Å². The van der Waals surface area contributed by atoms with E-state index < -0.39 is 23.8 Å². The zero-order chi connectivity index (χ0) is 25.1. The molecule has 0 N–H and O–H groups in total. The summed E-state index contributed by atoms with van der Waals surface area (Å²) in [5.74, 6) is -1.90. The van der Waals surface area contributed by atoms with Gasteiger partial charge < -0.3 is 18.3 Å². The van der Waals surface area contributed by atoms with E-state index in [1.165, 1.54) is 25.8 Å². The van der Waals surface area contributed by atoms with Crippen molar-refractivity contribution in [2.75, 3.05) is 31.2 Å². The van der Waals surface area contributed by atoms with Crippen LogP contribution in [-0.4, -0.2) is 41.2 Å². The molecule has 0 fully saturated rings. The average Bonchev–Trinajstić information content (AvgIpc) is 3.46. The SMILES string of the molecule is C.COCBr.COCc1cnc(SCCC(F)=C(F)F)o1.FC(F)=C(F)CCSc1ncco1. The molecule has 0 radical (unpaired) electrons. The summed E-state index contributed by atoms with van der Waals surface area (Å²) in [5, 5.41) is 0.672. The van der Waals surface area contributed by atoms with E-state index in [0.29, 0.717) is 28.3 Å². The van der Waals surface area contributed by atoms with Gasteiger partial charge in [0.05, 0.1) is 12.4 Å². The summed E-state index contributed by atoms with van der Waals surface area (Å²) in [5.41, 5.74) is 0.632. The van der Waals surface area contributed by atoms with Crippen LogP contribution in [0.4, 0.5) is 26.3 Å². The minimum absolute atomic E-state index is 0. The highest BCUT2D eigenvalue weighted by Crippen LogP contribution is 2.23. The highest BCUT2D eigenvalue weighted by molar-refractivity contribution is 9.09. The van der Waals surface area contributed by atoms with Gasteiger partial charge in [-0.05, 0) is 0 Å². The van der Waals surface area contributed by atoms with Crippen molar-refractivity contribution in [2.24, 2.45) is 0 Å². The normalized spacial score (nSPS) is 9.68. The van der Waals surface area contributed by atoms with Gasteiger partial charge in [-0.2, -0.15) is 17.6 Å². The summed E-state index contributed by atoms with van der Waals surface area (Å²) in [7, 11) is 3.15. The fourth-order valence-electron chi connectivity index (χ4n) is 1.49. The highest BCUT2D eigenvalue weighted by atomic mass is 79.9. The number of rotatable bonds is 11. The predicted octanol–water partition coefficient (Wildman–Crippen LogP) is 8.24. The van der Waals surface area contributed by atoms with Crippen molar-refractivity contribution in [3.63, 3.8) is 0 Å². The fraction of sp³-hybridized carbons (Fsp3) is 0.474. The number of allylic oxidation sites excluding steroid dienone is 2. The van der Waals surface area contributed by atoms with Crippen LogP contribution in [0.25, 0.3) is 0 Å². The van der Waals surface area contributed by atoms with Crippen LogP contribution in [0.2, 0.25) is 0 Å². The molecule has 0 amide bonds. The zero-order valence-electron chi connectivity index (χ0n) is 17.5. The van der Waals surface area contributed by atoms with Crippen LogP contribution in [0.3, 0.4) is 0 Å². The molecule has 0 saturated carbocycles. The number of hydrogen-bond acceptors (Lipinski definition) is 8. The molecule has 0 aliphatic heterocycles. The molecule has 0 saturated heterocycles. The zero-order valence-corrected chi connectivity index (χ0v) is 20.7. The molecule has 0 unspecified atom stereocenters. The Kier molecular flexibility index (Phi) is 22.6. The topological polar surface area (TPSA) is 70.5 Å². The summed E-state index contributed by atoms with van der Waals surface area (Å²) >= 11 is 5.19. The predicted molar refractivity (Wildman–Crippen MR) is 123 cm³/mol. The Bertz CT molecular complexity index is 816. The molecule has 0 spiro atoms. The van der Waals surface area contributed by atoms with Gasteiger partial charge >= 0.3 is 12.2 Å². The Morgan fingerprint density at radius 3 is 1.85 bits per heavy atom. The van der Waals surface area contributed by atoms with Crippen molar-refractivity contribution in [3.8, 4) is 0 Å². The molecule has 196 valence electrons. The maximum Gasteiger partial charge on any atom is 0.301 e. The average molecular weight is 603 g/mol. The number of hydrogen-bond donors (Lipinski definition) is 0. The number of aromatic nitrogens is 2. The van der Waals surface area contributed by atoms with Crippen LogP contribution in [0.15, 0.2) is 61.8 Å². The van der Waals surface area contributed by atoms with Gasteiger partial charge in [0.1, 0.15) is 18.4 Å². The first-order valence-corrected chi connectivity index (χ1v) is 11.9. The number of methoxy groups -OCH3 is 2. The molecule has 34 heavy (non-hydrogen) atoms. The molecule has 15 heteroatoms. The minimum atomic E-state index is -2.27. The number of oxazole rings is 2. The molecule has 2 aromatic heterocycles. The third kappa shape index (κ3) is 18.0. The molecule has 0 aliphatic carbocycles. The van der Waals surface area contributed by atoms with Crippen molar-refractivity contribution >= 4 is 39.5 Å². The quantitative estimate of drug-likeness (QED) is 0.145. The number of ether oxygens (including phenoxy) is 2. The molecule has 6 nitrogen and oxygen atoms in total. The number of halogens is 7. The molecular weight excluding hydrogens is 578 g/mol. The van der Waals surface area contributed by atoms with E-state index in [2.05, 4.69) is 30.6 Å². The molecule has 0 aromatic carbocycles. The number of alkyl halides is 1. The molecule has 2 aromatic rings. The molecule has 0 aliphatic rings. The summed E-state index contributed by atoms with van der Waals surface area (Å²) in [6.45, 7) is 0.293. The van der Waals surface area contributed by atoms with Gasteiger partial charge in [0.25, 0.3) is 10.4 Å². The Morgan fingerprint density at radius 1 is 0.912 bits per heavy atom. The van der Waals surface area contributed by atoms with Crippen molar-refractivity contribution < 1.29 is 44.7 Å². The summed E-state index contributed by atoms with van der Waals surface area (Å²) < 4.78 is 90.3. The van der Waals surface area contributed by atoms with Crippen LogP contribution in [0.1, 0.15) is 26.0 Å². The second kappa shape index (κ2) is 22.1. The molecule has 2 heterocycles. The van der Waals surface area contributed by atoms with Crippen molar-refractivity contribution in [1.29, 1.82) is 0 Å². The molecule has 2 rings (SSSR count). The second-order valence-electron chi connectivity index (χ2n) is 5.25. The van der Waals surface area contributed by atoms with E-state index >= 15 is 0 Å². The molecular formula is C19H25BrF6N2O4S2. The van der Waals surface area contributed by atoms with Gasteiger partial charge in [0.15, 0.2) is 17.4 Å². The first-order chi connectivity index (χ1) is 15.7. The van der Waals surface area contributed by atoms with Crippen molar-refractivity contribution in [1.82, 2.24) is 9.97 Å². The lowest BCUT2D eigenvalue weighted by Gasteiger charge is -1.95. The summed E-state index contributed by atoms with van der Waals surface area (Å²) in [4.78, 5) is 7.60. The van der Waals surface area contributed by atoms with Gasteiger partial charge in [-0.3, -0.25) is 0 Å². The monoisotopic (exact) mass is 602 g/mol. The smallest absolute Gasteiger partial charge is 0.301 e. The van der Waals surface area contributed by atoms with Crippen LogP contribution < -0.4 is 0 Å². The maximum absolute atomic E-state index is 12.4. The lowest BCUT2D eigenvalue weighted by atomic mass is 10.4. The van der Waals surface area contributed by atoms with Gasteiger partial charge in [-0.1, -0.05) is 46.9 Å². The fourth-order valence-corrected chi connectivity index (χ4v) is 2.96. The van der Waals surface area contributed by atoms with Gasteiger partial charge in [0.2, 0.25) is 0 Å². The van der Waals surface area contributed by atoms with Crippen LogP contribution >= 0.6 is 39.5 Å². The number of thioether (sulfide) groups is 2. The Labute approximate surface area is 210 Å². The number of nitrogens with zero attached hydrogens (tertiary/aromatic N) is 2. The first-order valence-electron chi connectivity index (χ1n) is 8.77. The lowest BCUT2D eigenvalue weighted by Crippen LogP contribution is -1.83. The van der Waals surface area contributed by atoms with Crippen LogP contribution in [0, 0.1) is 0 Å². The van der Waals surface area contributed by atoms with Gasteiger partial charge in [-0.25, -0.2) is 18.7 Å². The maximum atomic E-state index is 12.4. The summed E-state index contributed by atoms with van der Waals surface area (Å²) in [6, 6.07) is 0. The Morgan fingerprint density at radius 2 is 1.44 bits per heavy atom. The lowest BCUT2D eigenvalue weighted by molar-refractivity contribution is 0.159. The van der Waals surface area contributed by atoms with Crippen molar-refractivity contribution in [2.45, 2.75) is 37.3 Å². The Hall–Kier alpha value is -1.42. The second-order valence-corrected chi connectivity index (χ2v) is 7.80. The van der Waals surface area contributed by atoms with Crippen LogP contribution in [0.5, 0.6) is 0 Å². The van der Waals surface area contributed by atoms with Gasteiger partial charge in [-0.15, -0.1) is 0 Å². The van der Waals surface area contributed by atoms with Crippen LogP contribution in [-0.2, 0) is 16.1 Å². The summed E-state index contributed by atoms with van der Waals surface area (Å²) in [6.07, 6.45) is -0.895. The van der Waals surface area contributed by atoms with E-state index in [1.54, 1.807) is 7.11 Å². The van der Waals surface area contributed by atoms with E-state index in [0.717, 1.165) is 23.5 Å². The third-order valence-electron chi connectivity index (χ3n) is 2.84. The van der Waals surface area contributed by atoms with Gasteiger partial charge in [0, 0.05) is 38.6 Å². The largest absolute Gasteiger partial charge is 0.440 e. The van der Waals surface area contributed by atoms with E-state index in [1.807, 2.05) is 0 Å². The molecule has 0 atom stereocenters. The highest BCUT2D eigenvalue weighted by Gasteiger charge is 2.08. The van der Waals surface area contributed by atoms with E-state index in [4.69, 9.17) is 13.6 Å². The third-order valence-corrected chi connectivity index (χ3v) is 5.00. The molecule has 0 bridgehead atoms. The minimum Gasteiger partial charge on any atom is -0.440 e. The van der Waals surface area contributed by atoms with Crippen molar-refractivity contribution in [3.05, 3.63) is 48.2 Å².